The van der Waals surface area contributed by atoms with E-state index in [0.717, 1.165) is 32.3 Å². The highest BCUT2D eigenvalue weighted by Gasteiger charge is 2.18. The first-order valence-corrected chi connectivity index (χ1v) is 12.4. The van der Waals surface area contributed by atoms with Crippen LogP contribution < -0.4 is 5.32 Å². The Kier molecular flexibility index (Phi) is 17.3. The van der Waals surface area contributed by atoms with Crippen LogP contribution in [0.1, 0.15) is 110 Å². The molecule has 5 nitrogen and oxygen atoms in total. The summed E-state index contributed by atoms with van der Waals surface area (Å²) < 4.78 is 10.7. The van der Waals surface area contributed by atoms with Gasteiger partial charge in [0.1, 0.15) is 6.10 Å². The molecule has 172 valence electrons. The van der Waals surface area contributed by atoms with E-state index < -0.39 is 0 Å². The van der Waals surface area contributed by atoms with Crippen molar-refractivity contribution in [3.8, 4) is 0 Å². The molecule has 1 aliphatic rings. The molecule has 2 unspecified atom stereocenters. The second-order valence-corrected chi connectivity index (χ2v) is 8.71. The maximum absolute atomic E-state index is 11.9. The van der Waals surface area contributed by atoms with Crippen LogP contribution in [-0.4, -0.2) is 43.7 Å². The van der Waals surface area contributed by atoms with Gasteiger partial charge in [-0.25, -0.2) is 4.79 Å². The highest BCUT2D eigenvalue weighted by Crippen LogP contribution is 2.15. The lowest BCUT2D eigenvalue weighted by atomic mass is 10.00. The van der Waals surface area contributed by atoms with Crippen molar-refractivity contribution >= 4 is 6.09 Å². The number of hydrogen-bond donors (Lipinski definition) is 2. The summed E-state index contributed by atoms with van der Waals surface area (Å²) in [5, 5.41) is 12.3. The molecule has 0 spiro atoms. The maximum Gasteiger partial charge on any atom is 0.407 e. The van der Waals surface area contributed by atoms with Crippen molar-refractivity contribution in [2.45, 2.75) is 116 Å². The van der Waals surface area contributed by atoms with Crippen molar-refractivity contribution in [2.75, 3.05) is 26.4 Å². The van der Waals surface area contributed by atoms with Crippen LogP contribution >= 0.6 is 0 Å². The molecule has 0 aromatic carbocycles. The summed E-state index contributed by atoms with van der Waals surface area (Å²) in [4.78, 5) is 11.9. The smallest absolute Gasteiger partial charge is 0.407 e. The molecule has 1 saturated heterocycles. The topological polar surface area (TPSA) is 67.8 Å². The molecule has 0 aromatic rings. The van der Waals surface area contributed by atoms with Crippen molar-refractivity contribution in [2.24, 2.45) is 5.92 Å². The van der Waals surface area contributed by atoms with E-state index in [1.54, 1.807) is 0 Å². The molecule has 5 heteroatoms. The Bertz CT molecular complexity index is 372. The van der Waals surface area contributed by atoms with Gasteiger partial charge in [-0.2, -0.15) is 0 Å². The zero-order chi connectivity index (χ0) is 21.0. The fourth-order valence-corrected chi connectivity index (χ4v) is 3.93. The standard InChI is InChI=1S/C24H47NO4/c1-2-3-4-5-6-7-8-9-10-11-12-13-14-16-22(20-26)19-25-24(27)29-23-17-15-18-28-21-23/h22-23,26H,2-21H2,1H3,(H,25,27). The summed E-state index contributed by atoms with van der Waals surface area (Å²) >= 11 is 0. The molecular formula is C24H47NO4. The average molecular weight is 414 g/mol. The van der Waals surface area contributed by atoms with Gasteiger partial charge in [0.2, 0.25) is 0 Å². The Morgan fingerprint density at radius 3 is 2.10 bits per heavy atom. The number of rotatable bonds is 18. The first kappa shape index (κ1) is 26.2. The van der Waals surface area contributed by atoms with E-state index in [1.807, 2.05) is 0 Å². The summed E-state index contributed by atoms with van der Waals surface area (Å²) in [6.45, 7) is 4.13. The lowest BCUT2D eigenvalue weighted by Crippen LogP contribution is -2.36. The number of aliphatic hydroxyl groups is 1. The van der Waals surface area contributed by atoms with Gasteiger partial charge in [0.25, 0.3) is 0 Å². The minimum atomic E-state index is -0.385. The predicted octanol–water partition coefficient (Wildman–Crippen LogP) is 5.98. The summed E-state index contributed by atoms with van der Waals surface area (Å²) in [6.07, 6.45) is 19.7. The average Bonchev–Trinajstić information content (AvgIpc) is 2.74. The van der Waals surface area contributed by atoms with Crippen molar-refractivity contribution in [3.05, 3.63) is 0 Å². The number of ether oxygens (including phenoxy) is 2. The molecule has 1 fully saturated rings. The normalized spacial score (nSPS) is 17.8. The highest BCUT2D eigenvalue weighted by atomic mass is 16.6. The fraction of sp³-hybridized carbons (Fsp3) is 0.958. The van der Waals surface area contributed by atoms with Crippen molar-refractivity contribution in [1.82, 2.24) is 5.32 Å². The monoisotopic (exact) mass is 413 g/mol. The van der Waals surface area contributed by atoms with Crippen LogP contribution in [0.5, 0.6) is 0 Å². The zero-order valence-electron chi connectivity index (χ0n) is 19.0. The summed E-state index contributed by atoms with van der Waals surface area (Å²) in [5.74, 6) is 0.123. The van der Waals surface area contributed by atoms with E-state index in [1.165, 1.54) is 77.0 Å². The van der Waals surface area contributed by atoms with Gasteiger partial charge in [-0.1, -0.05) is 90.4 Å². The van der Waals surface area contributed by atoms with Crippen LogP contribution in [0.25, 0.3) is 0 Å². The van der Waals surface area contributed by atoms with E-state index in [9.17, 15) is 9.90 Å². The molecule has 0 aliphatic carbocycles. The fourth-order valence-electron chi connectivity index (χ4n) is 3.93. The Balaban J connectivity index is 1.88. The maximum atomic E-state index is 11.9. The van der Waals surface area contributed by atoms with Crippen LogP contribution in [0.15, 0.2) is 0 Å². The molecule has 1 amide bonds. The largest absolute Gasteiger partial charge is 0.444 e. The lowest BCUT2D eigenvalue weighted by molar-refractivity contribution is -0.0167. The van der Waals surface area contributed by atoms with Gasteiger partial charge in [0.15, 0.2) is 0 Å². The summed E-state index contributed by atoms with van der Waals surface area (Å²) in [6, 6.07) is 0. The third-order valence-corrected chi connectivity index (χ3v) is 5.90. The second kappa shape index (κ2) is 19.2. The van der Waals surface area contributed by atoms with Gasteiger partial charge < -0.3 is 19.9 Å². The van der Waals surface area contributed by atoms with Gasteiger partial charge in [0.05, 0.1) is 6.61 Å². The Hall–Kier alpha value is -0.810. The Labute approximate surface area is 179 Å². The molecule has 0 aromatic heterocycles. The molecule has 1 heterocycles. The van der Waals surface area contributed by atoms with Gasteiger partial charge >= 0.3 is 6.09 Å². The number of alkyl carbamates (subject to hydrolysis) is 1. The number of nitrogens with one attached hydrogen (secondary N) is 1. The van der Waals surface area contributed by atoms with Gasteiger partial charge in [-0.15, -0.1) is 0 Å². The minimum absolute atomic E-state index is 0.116. The van der Waals surface area contributed by atoms with Crippen molar-refractivity contribution in [1.29, 1.82) is 0 Å². The van der Waals surface area contributed by atoms with E-state index in [-0.39, 0.29) is 24.7 Å². The molecular weight excluding hydrogens is 366 g/mol. The lowest BCUT2D eigenvalue weighted by Gasteiger charge is -2.23. The zero-order valence-corrected chi connectivity index (χ0v) is 19.0. The van der Waals surface area contributed by atoms with Gasteiger partial charge in [0, 0.05) is 19.8 Å². The third-order valence-electron chi connectivity index (χ3n) is 5.90. The Morgan fingerprint density at radius 1 is 1.00 bits per heavy atom. The first-order valence-electron chi connectivity index (χ1n) is 12.4. The van der Waals surface area contributed by atoms with E-state index in [0.29, 0.717) is 13.2 Å². The first-order chi connectivity index (χ1) is 14.3. The van der Waals surface area contributed by atoms with Crippen LogP contribution in [0.4, 0.5) is 4.79 Å². The van der Waals surface area contributed by atoms with E-state index >= 15 is 0 Å². The van der Waals surface area contributed by atoms with Crippen molar-refractivity contribution < 1.29 is 19.4 Å². The quantitative estimate of drug-likeness (QED) is 0.271. The predicted molar refractivity (Wildman–Crippen MR) is 119 cm³/mol. The SMILES string of the molecule is CCCCCCCCCCCCCCCC(CO)CNC(=O)OC1CCCOC1. The number of aliphatic hydroxyl groups excluding tert-OH is 1. The van der Waals surface area contributed by atoms with E-state index in [4.69, 9.17) is 9.47 Å². The number of unbranched alkanes of at least 4 members (excludes halogenated alkanes) is 12. The van der Waals surface area contributed by atoms with Crippen LogP contribution in [0.3, 0.4) is 0 Å². The van der Waals surface area contributed by atoms with Crippen LogP contribution in [0, 0.1) is 5.92 Å². The molecule has 1 rings (SSSR count). The van der Waals surface area contributed by atoms with Crippen LogP contribution in [-0.2, 0) is 9.47 Å². The van der Waals surface area contributed by atoms with Crippen molar-refractivity contribution in [3.63, 3.8) is 0 Å². The molecule has 2 N–H and O–H groups in total. The third kappa shape index (κ3) is 15.7. The number of carbonyl (C=O) groups excluding carboxylic acids is 1. The molecule has 0 bridgehead atoms. The summed E-state index contributed by atoms with van der Waals surface area (Å²) in [7, 11) is 0. The minimum Gasteiger partial charge on any atom is -0.444 e. The highest BCUT2D eigenvalue weighted by molar-refractivity contribution is 5.67. The molecule has 29 heavy (non-hydrogen) atoms. The second-order valence-electron chi connectivity index (χ2n) is 8.71. The molecule has 0 radical (unpaired) electrons. The van der Waals surface area contributed by atoms with Crippen LogP contribution in [0.2, 0.25) is 0 Å². The molecule has 1 aliphatic heterocycles. The van der Waals surface area contributed by atoms with E-state index in [2.05, 4.69) is 12.2 Å². The molecule has 2 atom stereocenters. The Morgan fingerprint density at radius 2 is 1.59 bits per heavy atom. The van der Waals surface area contributed by atoms with Gasteiger partial charge in [-0.3, -0.25) is 0 Å². The number of carbonyl (C=O) groups is 1. The van der Waals surface area contributed by atoms with Gasteiger partial charge in [-0.05, 0) is 25.2 Å². The molecule has 0 saturated carbocycles. The summed E-state index contributed by atoms with van der Waals surface area (Å²) in [5.41, 5.74) is 0. The number of amides is 1. The number of hydrogen-bond acceptors (Lipinski definition) is 4.